The second kappa shape index (κ2) is 6.05. The molecule has 1 aromatic carbocycles. The Kier molecular flexibility index (Phi) is 4.99. The van der Waals surface area contributed by atoms with Crippen molar-refractivity contribution in [2.75, 3.05) is 12.3 Å². The molecule has 1 rings (SSSR count). The average molecular weight is 275 g/mol. The van der Waals surface area contributed by atoms with Crippen LogP contribution in [0.2, 0.25) is 5.02 Å². The zero-order valence-electron chi connectivity index (χ0n) is 9.48. The zero-order valence-corrected chi connectivity index (χ0v) is 11.1. The molecule has 0 amide bonds. The molecule has 1 aromatic rings. The first-order chi connectivity index (χ1) is 7.97. The summed E-state index contributed by atoms with van der Waals surface area (Å²) < 4.78 is 26.1. The molecular weight excluding hydrogens is 260 g/mol. The number of benzene rings is 1. The molecule has 17 heavy (non-hydrogen) atoms. The van der Waals surface area contributed by atoms with E-state index in [2.05, 4.69) is 4.72 Å². The normalized spacial score (nSPS) is 12.1. The first kappa shape index (κ1) is 14.0. The summed E-state index contributed by atoms with van der Waals surface area (Å²) in [5.41, 5.74) is 5.88. The highest BCUT2D eigenvalue weighted by molar-refractivity contribution is 7.89. The van der Waals surface area contributed by atoms with Gasteiger partial charge in [0.1, 0.15) is 0 Å². The van der Waals surface area contributed by atoms with Crippen LogP contribution in [0, 0.1) is 0 Å². The third-order valence-electron chi connectivity index (χ3n) is 2.12. The molecule has 0 aliphatic carbocycles. The van der Waals surface area contributed by atoms with E-state index in [4.69, 9.17) is 17.3 Å². The summed E-state index contributed by atoms with van der Waals surface area (Å²) in [6.45, 7) is 2.24. The smallest absolute Gasteiger partial charge is 0.240 e. The third-order valence-corrected chi connectivity index (χ3v) is 3.91. The highest BCUT2D eigenvalue weighted by Gasteiger charge is 2.13. The lowest BCUT2D eigenvalue weighted by Crippen LogP contribution is -2.24. The molecule has 3 N–H and O–H groups in total. The maximum atomic E-state index is 11.8. The molecule has 0 saturated carbocycles. The van der Waals surface area contributed by atoms with E-state index in [1.165, 1.54) is 18.2 Å². The molecule has 0 aliphatic heterocycles. The van der Waals surface area contributed by atoms with Crippen LogP contribution < -0.4 is 10.5 Å². The van der Waals surface area contributed by atoms with Crippen LogP contribution in [0.3, 0.4) is 0 Å². The zero-order chi connectivity index (χ0) is 12.9. The Morgan fingerprint density at radius 1 is 1.47 bits per heavy atom. The Bertz CT molecular complexity index is 512. The summed E-state index contributed by atoms with van der Waals surface area (Å²) in [7, 11) is -3.50. The van der Waals surface area contributed by atoms with Crippen LogP contribution in [0.1, 0.15) is 13.3 Å². The maximum Gasteiger partial charge on any atom is 0.240 e. The van der Waals surface area contributed by atoms with Gasteiger partial charge < -0.3 is 5.73 Å². The van der Waals surface area contributed by atoms with Crippen LogP contribution in [0.5, 0.6) is 0 Å². The van der Waals surface area contributed by atoms with Crippen molar-refractivity contribution in [3.63, 3.8) is 0 Å². The fourth-order valence-corrected chi connectivity index (χ4v) is 2.52. The summed E-state index contributed by atoms with van der Waals surface area (Å²) in [6.07, 6.45) is 4.41. The number of nitrogens with one attached hydrogen (secondary N) is 1. The number of hydrogen-bond donors (Lipinski definition) is 2. The van der Waals surface area contributed by atoms with Gasteiger partial charge in [0.05, 0.1) is 15.6 Å². The van der Waals surface area contributed by atoms with E-state index in [-0.39, 0.29) is 9.92 Å². The monoisotopic (exact) mass is 274 g/mol. The van der Waals surface area contributed by atoms with E-state index in [0.717, 1.165) is 0 Å². The maximum absolute atomic E-state index is 11.8. The number of allylic oxidation sites excluding steroid dienone is 1. The molecule has 0 atom stereocenters. The van der Waals surface area contributed by atoms with E-state index in [1.807, 2.05) is 19.1 Å². The van der Waals surface area contributed by atoms with Crippen molar-refractivity contribution in [3.8, 4) is 0 Å². The molecule has 94 valence electrons. The number of rotatable bonds is 5. The van der Waals surface area contributed by atoms with Crippen molar-refractivity contribution in [1.82, 2.24) is 4.72 Å². The van der Waals surface area contributed by atoms with Gasteiger partial charge in [-0.1, -0.05) is 23.8 Å². The molecular formula is C11H15ClN2O2S. The molecule has 0 aliphatic rings. The van der Waals surface area contributed by atoms with Crippen molar-refractivity contribution in [2.45, 2.75) is 18.2 Å². The average Bonchev–Trinajstić information content (AvgIpc) is 2.28. The van der Waals surface area contributed by atoms with Gasteiger partial charge in [-0.2, -0.15) is 0 Å². The molecule has 0 fully saturated rings. The highest BCUT2D eigenvalue weighted by Crippen LogP contribution is 2.22. The Morgan fingerprint density at radius 3 is 2.76 bits per heavy atom. The number of hydrogen-bond acceptors (Lipinski definition) is 3. The van der Waals surface area contributed by atoms with Crippen LogP contribution in [0.25, 0.3) is 0 Å². The SMILES string of the molecule is C/C=C/CCNS(=O)(=O)c1ccc(N)c(Cl)c1. The standard InChI is InChI=1S/C11H15ClN2O2S/c1-2-3-4-7-14-17(15,16)9-5-6-11(13)10(12)8-9/h2-3,5-6,8,14H,4,7,13H2,1H3/b3-2+. The number of anilines is 1. The van der Waals surface area contributed by atoms with Crippen molar-refractivity contribution in [3.05, 3.63) is 35.4 Å². The first-order valence-electron chi connectivity index (χ1n) is 5.13. The van der Waals surface area contributed by atoms with Crippen LogP contribution in [0.15, 0.2) is 35.2 Å². The van der Waals surface area contributed by atoms with Gasteiger partial charge in [-0.15, -0.1) is 0 Å². The lowest BCUT2D eigenvalue weighted by molar-refractivity contribution is 0.582. The van der Waals surface area contributed by atoms with Gasteiger partial charge in [0.2, 0.25) is 10.0 Å². The summed E-state index contributed by atoms with van der Waals surface area (Å²) >= 11 is 5.78. The fraction of sp³-hybridized carbons (Fsp3) is 0.273. The molecule has 0 bridgehead atoms. The number of halogens is 1. The Labute approximate surface area is 107 Å². The van der Waals surface area contributed by atoms with Gasteiger partial charge in [0.15, 0.2) is 0 Å². The van der Waals surface area contributed by atoms with Crippen LogP contribution >= 0.6 is 11.6 Å². The van der Waals surface area contributed by atoms with Gasteiger partial charge in [0.25, 0.3) is 0 Å². The minimum atomic E-state index is -3.50. The van der Waals surface area contributed by atoms with Crippen LogP contribution in [-0.2, 0) is 10.0 Å². The lowest BCUT2D eigenvalue weighted by atomic mass is 10.3. The van der Waals surface area contributed by atoms with E-state index in [1.54, 1.807) is 0 Å². The second-order valence-electron chi connectivity index (χ2n) is 3.44. The third kappa shape index (κ3) is 4.03. The van der Waals surface area contributed by atoms with Gasteiger partial charge >= 0.3 is 0 Å². The number of nitrogens with two attached hydrogens (primary N) is 1. The predicted molar refractivity (Wildman–Crippen MR) is 70.5 cm³/mol. The van der Waals surface area contributed by atoms with Crippen molar-refractivity contribution < 1.29 is 8.42 Å². The van der Waals surface area contributed by atoms with Gasteiger partial charge in [-0.25, -0.2) is 13.1 Å². The summed E-state index contributed by atoms with van der Waals surface area (Å²) in [4.78, 5) is 0.122. The molecule has 0 radical (unpaired) electrons. The van der Waals surface area contributed by atoms with Crippen LogP contribution in [0.4, 0.5) is 5.69 Å². The number of sulfonamides is 1. The van der Waals surface area contributed by atoms with Crippen LogP contribution in [-0.4, -0.2) is 15.0 Å². The fourth-order valence-electron chi connectivity index (χ4n) is 1.20. The molecule has 0 saturated heterocycles. The molecule has 6 heteroatoms. The predicted octanol–water partition coefficient (Wildman–Crippen LogP) is 2.17. The van der Waals surface area contributed by atoms with Crippen molar-refractivity contribution in [1.29, 1.82) is 0 Å². The Morgan fingerprint density at radius 2 is 2.18 bits per heavy atom. The minimum absolute atomic E-state index is 0.122. The van der Waals surface area contributed by atoms with Crippen molar-refractivity contribution in [2.24, 2.45) is 0 Å². The molecule has 4 nitrogen and oxygen atoms in total. The highest BCUT2D eigenvalue weighted by atomic mass is 35.5. The van der Waals surface area contributed by atoms with Gasteiger partial charge in [0, 0.05) is 6.54 Å². The second-order valence-corrected chi connectivity index (χ2v) is 5.61. The largest absolute Gasteiger partial charge is 0.398 e. The lowest BCUT2D eigenvalue weighted by Gasteiger charge is -2.06. The quantitative estimate of drug-likeness (QED) is 0.491. The van der Waals surface area contributed by atoms with E-state index in [9.17, 15) is 8.42 Å². The first-order valence-corrected chi connectivity index (χ1v) is 6.99. The van der Waals surface area contributed by atoms with E-state index >= 15 is 0 Å². The molecule has 0 heterocycles. The summed E-state index contributed by atoms with van der Waals surface area (Å²) in [5.74, 6) is 0. The summed E-state index contributed by atoms with van der Waals surface area (Å²) in [5, 5.41) is 0.237. The number of nitrogen functional groups attached to an aromatic ring is 1. The van der Waals surface area contributed by atoms with E-state index < -0.39 is 10.0 Å². The van der Waals surface area contributed by atoms with Gasteiger partial charge in [-0.3, -0.25) is 0 Å². The van der Waals surface area contributed by atoms with Gasteiger partial charge in [-0.05, 0) is 31.5 Å². The summed E-state index contributed by atoms with van der Waals surface area (Å²) in [6, 6.07) is 4.25. The van der Waals surface area contributed by atoms with Crippen molar-refractivity contribution >= 4 is 27.3 Å². The molecule has 0 spiro atoms. The molecule has 0 aromatic heterocycles. The van der Waals surface area contributed by atoms with E-state index in [0.29, 0.717) is 18.7 Å². The minimum Gasteiger partial charge on any atom is -0.398 e. The molecule has 0 unspecified atom stereocenters. The topological polar surface area (TPSA) is 72.2 Å². The Balaban J connectivity index is 2.79. The Hall–Kier alpha value is -1.04.